The van der Waals surface area contributed by atoms with Crippen molar-refractivity contribution in [1.29, 1.82) is 0 Å². The van der Waals surface area contributed by atoms with E-state index in [4.69, 9.17) is 0 Å². The maximum atomic E-state index is 12.3. The van der Waals surface area contributed by atoms with Crippen molar-refractivity contribution in [2.45, 2.75) is 19.3 Å². The Labute approximate surface area is 154 Å². The van der Waals surface area contributed by atoms with E-state index < -0.39 is 11.4 Å². The van der Waals surface area contributed by atoms with E-state index in [-0.39, 0.29) is 0 Å². The van der Waals surface area contributed by atoms with Gasteiger partial charge >= 0.3 is 5.97 Å². The van der Waals surface area contributed by atoms with Crippen molar-refractivity contribution in [3.8, 4) is 0 Å². The first kappa shape index (κ1) is 17.7. The van der Waals surface area contributed by atoms with E-state index in [9.17, 15) is 9.90 Å². The molecule has 3 aromatic carbocycles. The molecule has 0 amide bonds. The predicted molar refractivity (Wildman–Crippen MR) is 107 cm³/mol. The van der Waals surface area contributed by atoms with Gasteiger partial charge in [-0.1, -0.05) is 96.6 Å². The van der Waals surface area contributed by atoms with Gasteiger partial charge in [0.2, 0.25) is 0 Å². The van der Waals surface area contributed by atoms with Gasteiger partial charge in [-0.25, -0.2) is 0 Å². The van der Waals surface area contributed by atoms with Crippen LogP contribution in [0.3, 0.4) is 0 Å². The second-order valence-electron chi connectivity index (χ2n) is 6.63. The van der Waals surface area contributed by atoms with Crippen LogP contribution in [0.4, 0.5) is 0 Å². The van der Waals surface area contributed by atoms with Gasteiger partial charge in [-0.15, -0.1) is 0 Å². The number of carboxylic acids is 1. The third kappa shape index (κ3) is 3.45. The summed E-state index contributed by atoms with van der Waals surface area (Å²) in [4.78, 5) is 12.3. The minimum Gasteiger partial charge on any atom is -0.480 e. The van der Waals surface area contributed by atoms with Crippen LogP contribution in [0, 0.1) is 6.92 Å². The first-order valence-corrected chi connectivity index (χ1v) is 8.65. The lowest BCUT2D eigenvalue weighted by Crippen LogP contribution is -2.34. The summed E-state index contributed by atoms with van der Waals surface area (Å²) >= 11 is 0. The Morgan fingerprint density at radius 2 is 1.46 bits per heavy atom. The van der Waals surface area contributed by atoms with Gasteiger partial charge in [0.1, 0.15) is 5.41 Å². The van der Waals surface area contributed by atoms with Gasteiger partial charge in [0.05, 0.1) is 0 Å². The summed E-state index contributed by atoms with van der Waals surface area (Å²) in [6.45, 7) is 3.82. The molecule has 3 aromatic rings. The molecule has 0 saturated heterocycles. The van der Waals surface area contributed by atoms with E-state index in [1.807, 2.05) is 66.7 Å². The zero-order valence-corrected chi connectivity index (χ0v) is 15.0. The molecule has 130 valence electrons. The molecule has 0 fully saturated rings. The second kappa shape index (κ2) is 7.40. The molecule has 0 radical (unpaired) electrons. The van der Waals surface area contributed by atoms with Crippen LogP contribution < -0.4 is 0 Å². The van der Waals surface area contributed by atoms with Crippen LogP contribution in [0.5, 0.6) is 0 Å². The topological polar surface area (TPSA) is 37.3 Å². The monoisotopic (exact) mass is 342 g/mol. The summed E-state index contributed by atoms with van der Waals surface area (Å²) in [5.74, 6) is -0.861. The Morgan fingerprint density at radius 1 is 0.846 bits per heavy atom. The quantitative estimate of drug-likeness (QED) is 0.617. The first-order valence-electron chi connectivity index (χ1n) is 8.65. The van der Waals surface area contributed by atoms with E-state index >= 15 is 0 Å². The van der Waals surface area contributed by atoms with Crippen molar-refractivity contribution >= 4 is 18.1 Å². The van der Waals surface area contributed by atoms with Gasteiger partial charge in [0.25, 0.3) is 0 Å². The number of aliphatic carboxylic acids is 1. The van der Waals surface area contributed by atoms with E-state index in [1.54, 1.807) is 6.92 Å². The highest BCUT2D eigenvalue weighted by Crippen LogP contribution is 2.35. The minimum atomic E-state index is -1.12. The van der Waals surface area contributed by atoms with Crippen molar-refractivity contribution in [2.75, 3.05) is 0 Å². The lowest BCUT2D eigenvalue weighted by molar-refractivity contribution is -0.141. The summed E-state index contributed by atoms with van der Waals surface area (Å²) in [6, 6.07) is 25.3. The van der Waals surface area contributed by atoms with Crippen molar-refractivity contribution < 1.29 is 9.90 Å². The smallest absolute Gasteiger partial charge is 0.318 e. The number of benzene rings is 3. The lowest BCUT2D eigenvalue weighted by atomic mass is 9.74. The largest absolute Gasteiger partial charge is 0.480 e. The highest BCUT2D eigenvalue weighted by molar-refractivity contribution is 5.88. The van der Waals surface area contributed by atoms with Gasteiger partial charge in [0, 0.05) is 0 Å². The number of hydrogen-bond donors (Lipinski definition) is 1. The van der Waals surface area contributed by atoms with Gasteiger partial charge in [0.15, 0.2) is 0 Å². The Morgan fingerprint density at radius 3 is 2.12 bits per heavy atom. The number of carboxylic acid groups (broad SMARTS) is 1. The van der Waals surface area contributed by atoms with Crippen molar-refractivity contribution in [2.24, 2.45) is 0 Å². The lowest BCUT2D eigenvalue weighted by Gasteiger charge is -2.27. The maximum absolute atomic E-state index is 12.3. The van der Waals surface area contributed by atoms with Gasteiger partial charge in [-0.3, -0.25) is 4.79 Å². The number of aryl methyl sites for hydroxylation is 1. The number of rotatable bonds is 5. The molecule has 0 heterocycles. The SMILES string of the molecule is Cc1ccc(/C=C/c2ccccc2C(C)(C(=O)O)c2ccccc2)cc1. The summed E-state index contributed by atoms with van der Waals surface area (Å²) in [6.07, 6.45) is 4.01. The fourth-order valence-corrected chi connectivity index (χ4v) is 3.13. The zero-order chi connectivity index (χ0) is 18.6. The zero-order valence-electron chi connectivity index (χ0n) is 15.0. The Bertz CT molecular complexity index is 924. The Balaban J connectivity index is 2.07. The normalized spacial score (nSPS) is 13.5. The average Bonchev–Trinajstić information content (AvgIpc) is 2.67. The van der Waals surface area contributed by atoms with Gasteiger partial charge in [-0.05, 0) is 36.1 Å². The molecule has 0 saturated carbocycles. The molecule has 3 rings (SSSR count). The molecule has 0 aliphatic heterocycles. The van der Waals surface area contributed by atoms with Crippen molar-refractivity contribution in [3.63, 3.8) is 0 Å². The van der Waals surface area contributed by atoms with Crippen LogP contribution >= 0.6 is 0 Å². The van der Waals surface area contributed by atoms with Crippen LogP contribution in [0.1, 0.15) is 34.7 Å². The molecular weight excluding hydrogens is 320 g/mol. The van der Waals surface area contributed by atoms with Crippen LogP contribution in [0.2, 0.25) is 0 Å². The summed E-state index contributed by atoms with van der Waals surface area (Å²) in [7, 11) is 0. The van der Waals surface area contributed by atoms with Crippen LogP contribution in [0.15, 0.2) is 78.9 Å². The highest BCUT2D eigenvalue weighted by Gasteiger charge is 2.38. The molecule has 1 atom stereocenters. The van der Waals surface area contributed by atoms with Crippen molar-refractivity contribution in [1.82, 2.24) is 0 Å². The summed E-state index contributed by atoms with van der Waals surface area (Å²) in [5.41, 5.74) is 3.63. The Hall–Kier alpha value is -3.13. The molecule has 0 aromatic heterocycles. The third-order valence-electron chi connectivity index (χ3n) is 4.81. The molecule has 1 unspecified atom stereocenters. The molecule has 2 nitrogen and oxygen atoms in total. The molecule has 1 N–H and O–H groups in total. The van der Waals surface area contributed by atoms with Gasteiger partial charge in [-0.2, -0.15) is 0 Å². The molecule has 2 heteroatoms. The molecular formula is C24H22O2. The minimum absolute atomic E-state index is 0.767. The second-order valence-corrected chi connectivity index (χ2v) is 6.63. The third-order valence-corrected chi connectivity index (χ3v) is 4.81. The van der Waals surface area contributed by atoms with Crippen LogP contribution in [-0.4, -0.2) is 11.1 Å². The number of carbonyl (C=O) groups is 1. The number of hydrogen-bond acceptors (Lipinski definition) is 1. The maximum Gasteiger partial charge on any atom is 0.318 e. The van der Waals surface area contributed by atoms with E-state index in [0.29, 0.717) is 0 Å². The highest BCUT2D eigenvalue weighted by atomic mass is 16.4. The molecule has 0 aliphatic carbocycles. The standard InChI is InChI=1S/C24H22O2/c1-18-12-14-19(15-13-18)16-17-20-8-6-7-11-22(20)24(2,23(25)26)21-9-4-3-5-10-21/h3-17H,1-2H3,(H,25,26)/b17-16+. The van der Waals surface area contributed by atoms with E-state index in [1.165, 1.54) is 5.56 Å². The van der Waals surface area contributed by atoms with E-state index in [0.717, 1.165) is 22.3 Å². The molecule has 26 heavy (non-hydrogen) atoms. The fraction of sp³-hybridized carbons (Fsp3) is 0.125. The van der Waals surface area contributed by atoms with E-state index in [2.05, 4.69) is 31.2 Å². The fourth-order valence-electron chi connectivity index (χ4n) is 3.13. The summed E-state index contributed by atoms with van der Waals surface area (Å²) in [5, 5.41) is 10.1. The van der Waals surface area contributed by atoms with Crippen LogP contribution in [0.25, 0.3) is 12.2 Å². The molecule has 0 spiro atoms. The average molecular weight is 342 g/mol. The summed E-state index contributed by atoms with van der Waals surface area (Å²) < 4.78 is 0. The van der Waals surface area contributed by atoms with Crippen molar-refractivity contribution in [3.05, 3.63) is 107 Å². The molecule has 0 bridgehead atoms. The van der Waals surface area contributed by atoms with Crippen LogP contribution in [-0.2, 0) is 10.2 Å². The van der Waals surface area contributed by atoms with Gasteiger partial charge < -0.3 is 5.11 Å². The Kier molecular flexibility index (Phi) is 5.04. The first-order chi connectivity index (χ1) is 12.5. The molecule has 0 aliphatic rings. The predicted octanol–water partition coefficient (Wildman–Crippen LogP) is 5.56.